The van der Waals surface area contributed by atoms with E-state index in [-0.39, 0.29) is 5.92 Å². The SMILES string of the molecule is CCCCCCCCOc1ccc(OC(=O)c2ccc(OC(=O)C(Cl)C(C)CCCC(C)C)cc2)cc1. The summed E-state index contributed by atoms with van der Waals surface area (Å²) in [7, 11) is 0. The highest BCUT2D eigenvalue weighted by molar-refractivity contribution is 6.30. The Hall–Kier alpha value is -2.53. The summed E-state index contributed by atoms with van der Waals surface area (Å²) in [5.41, 5.74) is 0.354. The van der Waals surface area contributed by atoms with Crippen molar-refractivity contribution >= 4 is 23.5 Å². The molecule has 0 heterocycles. The van der Waals surface area contributed by atoms with Gasteiger partial charge in [-0.05, 0) is 73.2 Å². The van der Waals surface area contributed by atoms with Gasteiger partial charge in [-0.15, -0.1) is 11.6 Å². The van der Waals surface area contributed by atoms with Crippen molar-refractivity contribution in [3.8, 4) is 17.2 Å². The van der Waals surface area contributed by atoms with Crippen LogP contribution in [0.15, 0.2) is 48.5 Å². The first kappa shape index (κ1) is 30.7. The number of esters is 2. The Morgan fingerprint density at radius 3 is 1.95 bits per heavy atom. The summed E-state index contributed by atoms with van der Waals surface area (Å²) in [6.07, 6.45) is 10.3. The Bertz CT molecular complexity index is 924. The summed E-state index contributed by atoms with van der Waals surface area (Å²) in [4.78, 5) is 24.9. The van der Waals surface area contributed by atoms with Crippen molar-refractivity contribution in [1.82, 2.24) is 0 Å². The zero-order valence-electron chi connectivity index (χ0n) is 22.8. The van der Waals surface area contributed by atoms with Crippen LogP contribution in [0.4, 0.5) is 0 Å². The third kappa shape index (κ3) is 12.0. The van der Waals surface area contributed by atoms with Crippen LogP contribution in [0.2, 0.25) is 0 Å². The molecule has 5 nitrogen and oxygen atoms in total. The molecular weight excluding hydrogens is 488 g/mol. The van der Waals surface area contributed by atoms with Crippen LogP contribution in [-0.2, 0) is 4.79 Å². The first-order chi connectivity index (χ1) is 17.8. The van der Waals surface area contributed by atoms with Crippen molar-refractivity contribution in [2.75, 3.05) is 6.61 Å². The van der Waals surface area contributed by atoms with Crippen LogP contribution < -0.4 is 14.2 Å². The van der Waals surface area contributed by atoms with Crippen molar-refractivity contribution in [3.63, 3.8) is 0 Å². The zero-order valence-corrected chi connectivity index (χ0v) is 23.6. The van der Waals surface area contributed by atoms with Crippen LogP contribution >= 0.6 is 11.6 Å². The fourth-order valence-corrected chi connectivity index (χ4v) is 4.07. The first-order valence-electron chi connectivity index (χ1n) is 13.7. The molecule has 0 N–H and O–H groups in total. The summed E-state index contributed by atoms with van der Waals surface area (Å²) in [6, 6.07) is 13.3. The van der Waals surface area contributed by atoms with Crippen LogP contribution in [0.3, 0.4) is 0 Å². The van der Waals surface area contributed by atoms with Gasteiger partial charge in [-0.3, -0.25) is 4.79 Å². The maximum Gasteiger partial charge on any atom is 0.343 e. The molecule has 2 unspecified atom stereocenters. The van der Waals surface area contributed by atoms with Gasteiger partial charge in [0.2, 0.25) is 0 Å². The number of hydrogen-bond donors (Lipinski definition) is 0. The number of alkyl halides is 1. The standard InChI is InChI=1S/C31H43ClO5/c1-5-6-7-8-9-10-22-35-26-18-20-28(21-19-26)36-30(33)25-14-16-27(17-15-25)37-31(34)29(32)24(4)13-11-12-23(2)3/h14-21,23-24,29H,5-13,22H2,1-4H3. The Balaban J connectivity index is 1.76. The molecule has 0 radical (unpaired) electrons. The zero-order chi connectivity index (χ0) is 27.0. The monoisotopic (exact) mass is 530 g/mol. The third-order valence-electron chi connectivity index (χ3n) is 6.28. The maximum absolute atomic E-state index is 12.5. The minimum absolute atomic E-state index is 0.0227. The molecule has 2 rings (SSSR count). The van der Waals surface area contributed by atoms with Gasteiger partial charge in [0, 0.05) is 0 Å². The molecule has 0 spiro atoms. The van der Waals surface area contributed by atoms with Gasteiger partial charge < -0.3 is 14.2 Å². The molecule has 0 saturated carbocycles. The van der Waals surface area contributed by atoms with E-state index in [2.05, 4.69) is 20.8 Å². The van der Waals surface area contributed by atoms with Crippen molar-refractivity contribution in [1.29, 1.82) is 0 Å². The van der Waals surface area contributed by atoms with E-state index in [1.165, 1.54) is 32.1 Å². The molecule has 204 valence electrons. The number of ether oxygens (including phenoxy) is 3. The highest BCUT2D eigenvalue weighted by Crippen LogP contribution is 2.23. The van der Waals surface area contributed by atoms with E-state index < -0.39 is 17.3 Å². The summed E-state index contributed by atoms with van der Waals surface area (Å²) in [6.45, 7) is 9.23. The van der Waals surface area contributed by atoms with E-state index in [1.807, 2.05) is 6.92 Å². The van der Waals surface area contributed by atoms with Crippen LogP contribution in [0.1, 0.15) is 95.8 Å². The van der Waals surface area contributed by atoms with Crippen molar-refractivity contribution < 1.29 is 23.8 Å². The van der Waals surface area contributed by atoms with Gasteiger partial charge in [-0.1, -0.05) is 72.6 Å². The number of benzene rings is 2. The highest BCUT2D eigenvalue weighted by Gasteiger charge is 2.24. The van der Waals surface area contributed by atoms with Gasteiger partial charge in [-0.25, -0.2) is 4.79 Å². The molecular formula is C31H43ClO5. The number of carbonyl (C=O) groups is 2. The molecule has 0 fully saturated rings. The summed E-state index contributed by atoms with van der Waals surface area (Å²) in [5.74, 6) is 1.21. The van der Waals surface area contributed by atoms with E-state index in [1.54, 1.807) is 48.5 Å². The minimum atomic E-state index is -0.713. The third-order valence-corrected chi connectivity index (χ3v) is 6.88. The first-order valence-corrected chi connectivity index (χ1v) is 14.1. The molecule has 6 heteroatoms. The molecule has 2 atom stereocenters. The molecule has 0 amide bonds. The number of unbranched alkanes of at least 4 members (excludes halogenated alkanes) is 5. The second kappa shape index (κ2) is 17.1. The van der Waals surface area contributed by atoms with Gasteiger partial charge in [0.05, 0.1) is 12.2 Å². The minimum Gasteiger partial charge on any atom is -0.494 e. The van der Waals surface area contributed by atoms with E-state index in [4.69, 9.17) is 25.8 Å². The average Bonchev–Trinajstić information content (AvgIpc) is 2.88. The number of rotatable bonds is 17. The lowest BCUT2D eigenvalue weighted by molar-refractivity contribution is -0.134. The molecule has 2 aromatic rings. The number of carbonyl (C=O) groups excluding carboxylic acids is 2. The largest absolute Gasteiger partial charge is 0.494 e. The van der Waals surface area contributed by atoms with E-state index in [0.717, 1.165) is 31.4 Å². The molecule has 0 aliphatic heterocycles. The highest BCUT2D eigenvalue weighted by atomic mass is 35.5. The van der Waals surface area contributed by atoms with Crippen molar-refractivity contribution in [2.24, 2.45) is 11.8 Å². The quantitative estimate of drug-likeness (QED) is 0.0886. The van der Waals surface area contributed by atoms with Gasteiger partial charge in [0.15, 0.2) is 0 Å². The van der Waals surface area contributed by atoms with Crippen LogP contribution in [0, 0.1) is 11.8 Å². The van der Waals surface area contributed by atoms with Gasteiger partial charge in [0.1, 0.15) is 22.6 Å². The Morgan fingerprint density at radius 2 is 1.30 bits per heavy atom. The average molecular weight is 531 g/mol. The van der Waals surface area contributed by atoms with Crippen molar-refractivity contribution in [3.05, 3.63) is 54.1 Å². The lowest BCUT2D eigenvalue weighted by Crippen LogP contribution is -2.27. The Kier molecular flexibility index (Phi) is 14.2. The molecule has 0 bridgehead atoms. The number of hydrogen-bond acceptors (Lipinski definition) is 5. The van der Waals surface area contributed by atoms with Crippen LogP contribution in [0.5, 0.6) is 17.2 Å². The summed E-state index contributed by atoms with van der Waals surface area (Å²) < 4.78 is 16.6. The van der Waals surface area contributed by atoms with Gasteiger partial charge >= 0.3 is 11.9 Å². The summed E-state index contributed by atoms with van der Waals surface area (Å²) in [5, 5.41) is -0.713. The number of halogens is 1. The molecule has 0 aliphatic carbocycles. The predicted molar refractivity (Wildman–Crippen MR) is 150 cm³/mol. The van der Waals surface area contributed by atoms with E-state index in [0.29, 0.717) is 29.6 Å². The smallest absolute Gasteiger partial charge is 0.343 e. The fourth-order valence-electron chi connectivity index (χ4n) is 3.90. The molecule has 0 aliphatic rings. The van der Waals surface area contributed by atoms with Crippen LogP contribution in [0.25, 0.3) is 0 Å². The molecule has 0 aromatic heterocycles. The van der Waals surface area contributed by atoms with Gasteiger partial charge in [0.25, 0.3) is 0 Å². The fraction of sp³-hybridized carbons (Fsp3) is 0.548. The van der Waals surface area contributed by atoms with E-state index >= 15 is 0 Å². The molecule has 37 heavy (non-hydrogen) atoms. The topological polar surface area (TPSA) is 61.8 Å². The lowest BCUT2D eigenvalue weighted by Gasteiger charge is -2.17. The Morgan fingerprint density at radius 1 is 0.730 bits per heavy atom. The van der Waals surface area contributed by atoms with Gasteiger partial charge in [-0.2, -0.15) is 0 Å². The normalized spacial score (nSPS) is 12.7. The predicted octanol–water partition coefficient (Wildman–Crippen LogP) is 8.62. The summed E-state index contributed by atoms with van der Waals surface area (Å²) >= 11 is 6.33. The molecule has 0 saturated heterocycles. The van der Waals surface area contributed by atoms with Crippen molar-refractivity contribution in [2.45, 2.75) is 90.9 Å². The Labute approximate surface area is 227 Å². The second-order valence-electron chi connectivity index (χ2n) is 10.1. The second-order valence-corrected chi connectivity index (χ2v) is 10.6. The van der Waals surface area contributed by atoms with Crippen LogP contribution in [-0.4, -0.2) is 23.9 Å². The van der Waals surface area contributed by atoms with E-state index in [9.17, 15) is 9.59 Å². The molecule has 2 aromatic carbocycles. The lowest BCUT2D eigenvalue weighted by atomic mass is 9.97. The maximum atomic E-state index is 12.5.